The third kappa shape index (κ3) is 4.83. The van der Waals surface area contributed by atoms with E-state index in [-0.39, 0.29) is 24.2 Å². The highest BCUT2D eigenvalue weighted by Gasteiger charge is 2.35. The molecule has 158 valence electrons. The van der Waals surface area contributed by atoms with Crippen molar-refractivity contribution < 1.29 is 23.8 Å². The molecule has 0 spiro atoms. The number of amides is 2. The lowest BCUT2D eigenvalue weighted by Gasteiger charge is -2.20. The monoisotopic (exact) mass is 402 g/mol. The van der Waals surface area contributed by atoms with E-state index in [4.69, 9.17) is 14.2 Å². The first-order chi connectivity index (χ1) is 14.1. The molecule has 2 amide bonds. The lowest BCUT2D eigenvalue weighted by molar-refractivity contribution is -0.126. The topological polar surface area (TPSA) is 77.1 Å². The number of hydrogen-bond acceptors (Lipinski definition) is 5. The normalized spacial score (nSPS) is 19.0. The molecule has 0 radical (unpaired) electrons. The quantitative estimate of drug-likeness (QED) is 0.676. The summed E-state index contributed by atoms with van der Waals surface area (Å²) in [4.78, 5) is 26.8. The summed E-state index contributed by atoms with van der Waals surface area (Å²) >= 11 is 0. The van der Waals surface area contributed by atoms with Crippen molar-refractivity contribution >= 4 is 17.5 Å². The minimum atomic E-state index is -0.359. The smallest absolute Gasteiger partial charge is 0.227 e. The van der Waals surface area contributed by atoms with Gasteiger partial charge in [-0.25, -0.2) is 0 Å². The van der Waals surface area contributed by atoms with E-state index < -0.39 is 0 Å². The van der Waals surface area contributed by atoms with Gasteiger partial charge >= 0.3 is 0 Å². The molecule has 7 heteroatoms. The van der Waals surface area contributed by atoms with Gasteiger partial charge in [0.2, 0.25) is 17.6 Å². The molecular formula is C22H30N2O5. The van der Waals surface area contributed by atoms with Gasteiger partial charge in [0, 0.05) is 31.6 Å². The van der Waals surface area contributed by atoms with E-state index >= 15 is 0 Å². The second-order valence-electron chi connectivity index (χ2n) is 7.44. The first kappa shape index (κ1) is 21.0. The third-order valence-corrected chi connectivity index (χ3v) is 5.59. The van der Waals surface area contributed by atoms with Crippen molar-refractivity contribution in [3.8, 4) is 17.2 Å². The third-order valence-electron chi connectivity index (χ3n) is 5.59. The molecule has 7 nitrogen and oxygen atoms in total. The molecule has 0 bridgehead atoms. The Hall–Kier alpha value is -2.70. The van der Waals surface area contributed by atoms with Crippen LogP contribution in [0.1, 0.15) is 38.5 Å². The Morgan fingerprint density at radius 1 is 1.14 bits per heavy atom. The van der Waals surface area contributed by atoms with E-state index in [1.165, 1.54) is 39.7 Å². The van der Waals surface area contributed by atoms with Crippen molar-refractivity contribution in [3.05, 3.63) is 23.8 Å². The molecule has 1 aromatic rings. The minimum absolute atomic E-state index is 0.0651. The zero-order chi connectivity index (χ0) is 20.8. The Labute approximate surface area is 172 Å². The van der Waals surface area contributed by atoms with Crippen LogP contribution in [0.4, 0.5) is 5.69 Å². The average Bonchev–Trinajstić information content (AvgIpc) is 3.15. The van der Waals surface area contributed by atoms with E-state index in [0.717, 1.165) is 19.3 Å². The molecule has 0 saturated carbocycles. The van der Waals surface area contributed by atoms with Gasteiger partial charge in [-0.3, -0.25) is 9.59 Å². The number of anilines is 1. The Balaban J connectivity index is 1.63. The van der Waals surface area contributed by atoms with Gasteiger partial charge in [0.05, 0.1) is 32.9 Å². The molecular weight excluding hydrogens is 372 g/mol. The summed E-state index contributed by atoms with van der Waals surface area (Å²) in [5, 5.41) is 3.00. The van der Waals surface area contributed by atoms with Crippen LogP contribution in [0, 0.1) is 5.92 Å². The van der Waals surface area contributed by atoms with Crippen LogP contribution in [-0.4, -0.2) is 46.2 Å². The SMILES string of the molecule is COc1cc(N2C[C@@H](C(=O)NCCC3=CCCCC3)CC2=O)cc(OC)c1OC. The summed E-state index contributed by atoms with van der Waals surface area (Å²) in [6.45, 7) is 0.964. The second-order valence-corrected chi connectivity index (χ2v) is 7.44. The number of ether oxygens (including phenoxy) is 3. The maximum absolute atomic E-state index is 12.6. The summed E-state index contributed by atoms with van der Waals surface area (Å²) in [6.07, 6.45) is 8.16. The summed E-state index contributed by atoms with van der Waals surface area (Å²) in [5.74, 6) is 0.907. The van der Waals surface area contributed by atoms with E-state index in [1.54, 1.807) is 17.0 Å². The van der Waals surface area contributed by atoms with Crippen LogP contribution in [-0.2, 0) is 9.59 Å². The Morgan fingerprint density at radius 3 is 2.45 bits per heavy atom. The molecule has 1 fully saturated rings. The molecule has 1 saturated heterocycles. The summed E-state index contributed by atoms with van der Waals surface area (Å²) in [7, 11) is 4.60. The summed E-state index contributed by atoms with van der Waals surface area (Å²) < 4.78 is 16.1. The number of carbonyl (C=O) groups is 2. The van der Waals surface area contributed by atoms with Crippen LogP contribution in [0.5, 0.6) is 17.2 Å². The maximum Gasteiger partial charge on any atom is 0.227 e. The Morgan fingerprint density at radius 2 is 1.86 bits per heavy atom. The number of carbonyl (C=O) groups excluding carboxylic acids is 2. The van der Waals surface area contributed by atoms with Crippen molar-refractivity contribution in [2.24, 2.45) is 5.92 Å². The highest BCUT2D eigenvalue weighted by molar-refractivity contribution is 6.00. The van der Waals surface area contributed by atoms with Crippen LogP contribution in [0.2, 0.25) is 0 Å². The van der Waals surface area contributed by atoms with Gasteiger partial charge in [-0.2, -0.15) is 0 Å². The molecule has 1 heterocycles. The molecule has 0 aromatic heterocycles. The lowest BCUT2D eigenvalue weighted by Crippen LogP contribution is -2.33. The van der Waals surface area contributed by atoms with Crippen LogP contribution < -0.4 is 24.4 Å². The number of methoxy groups -OCH3 is 3. The van der Waals surface area contributed by atoms with Gasteiger partial charge in [0.1, 0.15) is 0 Å². The van der Waals surface area contributed by atoms with Crippen molar-refractivity contribution in [1.29, 1.82) is 0 Å². The molecule has 0 unspecified atom stereocenters. The number of benzene rings is 1. The van der Waals surface area contributed by atoms with Gasteiger partial charge in [-0.1, -0.05) is 11.6 Å². The van der Waals surface area contributed by atoms with Crippen molar-refractivity contribution in [2.45, 2.75) is 38.5 Å². The zero-order valence-corrected chi connectivity index (χ0v) is 17.5. The first-order valence-electron chi connectivity index (χ1n) is 10.1. The fourth-order valence-corrected chi connectivity index (χ4v) is 3.98. The van der Waals surface area contributed by atoms with Crippen molar-refractivity contribution in [1.82, 2.24) is 5.32 Å². The van der Waals surface area contributed by atoms with Gasteiger partial charge in [-0.05, 0) is 32.1 Å². The molecule has 1 aliphatic carbocycles. The Bertz CT molecular complexity index is 764. The summed E-state index contributed by atoms with van der Waals surface area (Å²) in [6, 6.07) is 3.46. The van der Waals surface area contributed by atoms with Crippen LogP contribution in [0.3, 0.4) is 0 Å². The Kier molecular flexibility index (Phi) is 7.01. The minimum Gasteiger partial charge on any atom is -0.493 e. The number of hydrogen-bond donors (Lipinski definition) is 1. The number of nitrogens with zero attached hydrogens (tertiary/aromatic N) is 1. The van der Waals surface area contributed by atoms with Gasteiger partial charge < -0.3 is 24.4 Å². The van der Waals surface area contributed by atoms with Gasteiger partial charge in [0.15, 0.2) is 11.5 Å². The molecule has 1 aromatic carbocycles. The largest absolute Gasteiger partial charge is 0.493 e. The van der Waals surface area contributed by atoms with Gasteiger partial charge in [0.25, 0.3) is 0 Å². The molecule has 1 N–H and O–H groups in total. The van der Waals surface area contributed by atoms with Crippen LogP contribution in [0.25, 0.3) is 0 Å². The number of rotatable bonds is 8. The summed E-state index contributed by atoms with van der Waals surface area (Å²) in [5.41, 5.74) is 2.06. The second kappa shape index (κ2) is 9.67. The van der Waals surface area contributed by atoms with Gasteiger partial charge in [-0.15, -0.1) is 0 Å². The van der Waals surface area contributed by atoms with Crippen molar-refractivity contribution in [2.75, 3.05) is 39.3 Å². The predicted octanol–water partition coefficient (Wildman–Crippen LogP) is 3.07. The zero-order valence-electron chi connectivity index (χ0n) is 17.5. The first-order valence-corrected chi connectivity index (χ1v) is 10.1. The molecule has 1 atom stereocenters. The molecule has 1 aliphatic heterocycles. The predicted molar refractivity (Wildman–Crippen MR) is 111 cm³/mol. The van der Waals surface area contributed by atoms with Crippen molar-refractivity contribution in [3.63, 3.8) is 0 Å². The number of allylic oxidation sites excluding steroid dienone is 1. The van der Waals surface area contributed by atoms with Crippen LogP contribution in [0.15, 0.2) is 23.8 Å². The highest BCUT2D eigenvalue weighted by Crippen LogP contribution is 2.42. The van der Waals surface area contributed by atoms with E-state index in [9.17, 15) is 9.59 Å². The van der Waals surface area contributed by atoms with E-state index in [0.29, 0.717) is 36.0 Å². The highest BCUT2D eigenvalue weighted by atomic mass is 16.5. The fourth-order valence-electron chi connectivity index (χ4n) is 3.98. The lowest BCUT2D eigenvalue weighted by atomic mass is 9.97. The van der Waals surface area contributed by atoms with E-state index in [2.05, 4.69) is 11.4 Å². The average molecular weight is 402 g/mol. The maximum atomic E-state index is 12.6. The standard InChI is InChI=1S/C22H30N2O5/c1-27-18-12-17(13-19(28-2)21(18)29-3)24-14-16(11-20(24)25)22(26)23-10-9-15-7-5-4-6-8-15/h7,12-13,16H,4-6,8-11,14H2,1-3H3,(H,23,26)/t16-/m0/s1. The van der Waals surface area contributed by atoms with E-state index in [1.807, 2.05) is 0 Å². The fraction of sp³-hybridized carbons (Fsp3) is 0.545. The number of nitrogens with one attached hydrogen (secondary N) is 1. The van der Waals surface area contributed by atoms with Crippen LogP contribution >= 0.6 is 0 Å². The molecule has 2 aliphatic rings. The molecule has 29 heavy (non-hydrogen) atoms. The molecule has 3 rings (SSSR count).